The monoisotopic (exact) mass is 507 g/mol. The topological polar surface area (TPSA) is 77.5 Å². The number of pyridine rings is 1. The average Bonchev–Trinajstić information content (AvgIpc) is 2.76. The molecule has 1 aliphatic carbocycles. The molecule has 1 N–H and O–H groups in total. The molecule has 2 aromatic heterocycles. The summed E-state index contributed by atoms with van der Waals surface area (Å²) in [6.07, 6.45) is 1.90. The molecule has 2 aliphatic heterocycles. The van der Waals surface area contributed by atoms with Crippen molar-refractivity contribution in [3.05, 3.63) is 47.8 Å². The van der Waals surface area contributed by atoms with Crippen LogP contribution in [0.15, 0.2) is 30.9 Å². The fourth-order valence-corrected chi connectivity index (χ4v) is 5.89. The van der Waals surface area contributed by atoms with Gasteiger partial charge in [0.15, 0.2) is 0 Å². The number of anilines is 1. The van der Waals surface area contributed by atoms with Crippen LogP contribution >= 0.6 is 0 Å². The minimum absolute atomic E-state index is 0.102. The highest BCUT2D eigenvalue weighted by Gasteiger charge is 2.53. The zero-order chi connectivity index (χ0) is 25.7. The number of carbonyl (C=O) groups is 1. The number of urea groups is 1. The van der Waals surface area contributed by atoms with Gasteiger partial charge >= 0.3 is 12.2 Å². The number of aromatic nitrogens is 3. The SMILES string of the molecule is C[C@@H]1CN(c2ncc(C(F)(F)F)cn2)C[C@H](C)N1C(=O)NC1CC2(C1)CN(Cc1cnccc1F)C2. The Bertz CT molecular complexity index is 1090. The number of rotatable bonds is 4. The molecule has 2 atom stereocenters. The van der Waals surface area contributed by atoms with Crippen LogP contribution in [0.5, 0.6) is 0 Å². The lowest BCUT2D eigenvalue weighted by atomic mass is 9.60. The van der Waals surface area contributed by atoms with Gasteiger partial charge in [-0.05, 0) is 38.2 Å². The lowest BCUT2D eigenvalue weighted by Gasteiger charge is -2.59. The fraction of sp³-hybridized carbons (Fsp3) is 0.583. The highest BCUT2D eigenvalue weighted by Crippen LogP contribution is 2.48. The summed E-state index contributed by atoms with van der Waals surface area (Å²) >= 11 is 0. The first kappa shape index (κ1) is 24.7. The lowest BCUT2D eigenvalue weighted by molar-refractivity contribution is -0.138. The molecule has 0 aromatic carbocycles. The molecule has 0 bridgehead atoms. The van der Waals surface area contributed by atoms with Gasteiger partial charge in [-0.3, -0.25) is 9.88 Å². The summed E-state index contributed by atoms with van der Waals surface area (Å²) in [5.74, 6) is -0.0127. The number of hydrogen-bond acceptors (Lipinski definition) is 6. The Balaban J connectivity index is 1.09. The van der Waals surface area contributed by atoms with Gasteiger partial charge in [0.05, 0.1) is 5.56 Å². The Labute approximate surface area is 206 Å². The van der Waals surface area contributed by atoms with E-state index in [2.05, 4.69) is 25.2 Å². The molecule has 2 aromatic rings. The van der Waals surface area contributed by atoms with Gasteiger partial charge in [-0.15, -0.1) is 0 Å². The van der Waals surface area contributed by atoms with Gasteiger partial charge in [-0.25, -0.2) is 19.2 Å². The van der Waals surface area contributed by atoms with E-state index in [1.807, 2.05) is 18.7 Å². The van der Waals surface area contributed by atoms with E-state index in [1.54, 1.807) is 11.1 Å². The van der Waals surface area contributed by atoms with Crippen molar-refractivity contribution < 1.29 is 22.4 Å². The van der Waals surface area contributed by atoms with E-state index in [0.29, 0.717) is 25.2 Å². The summed E-state index contributed by atoms with van der Waals surface area (Å²) < 4.78 is 52.2. The first-order chi connectivity index (χ1) is 17.0. The predicted octanol–water partition coefficient (Wildman–Crippen LogP) is 3.30. The summed E-state index contributed by atoms with van der Waals surface area (Å²) in [5, 5.41) is 3.15. The third-order valence-electron chi connectivity index (χ3n) is 7.44. The molecule has 0 radical (unpaired) electrons. The van der Waals surface area contributed by atoms with Crippen molar-refractivity contribution in [3.8, 4) is 0 Å². The van der Waals surface area contributed by atoms with Gasteiger partial charge in [0, 0.05) is 81.2 Å². The van der Waals surface area contributed by atoms with E-state index in [1.165, 1.54) is 12.3 Å². The number of piperazine rings is 1. The first-order valence-electron chi connectivity index (χ1n) is 12.1. The zero-order valence-corrected chi connectivity index (χ0v) is 20.2. The number of nitrogens with one attached hydrogen (secondary N) is 1. The second-order valence-corrected chi connectivity index (χ2v) is 10.4. The van der Waals surface area contributed by atoms with E-state index in [0.717, 1.165) is 38.3 Å². The average molecular weight is 508 g/mol. The molecule has 8 nitrogen and oxygen atoms in total. The van der Waals surface area contributed by atoms with Crippen molar-refractivity contribution in [1.82, 2.24) is 30.1 Å². The molecule has 194 valence electrons. The van der Waals surface area contributed by atoms with Gasteiger partial charge < -0.3 is 15.1 Å². The predicted molar refractivity (Wildman–Crippen MR) is 123 cm³/mol. The Kier molecular flexibility index (Phi) is 6.26. The molecule has 3 aliphatic rings. The van der Waals surface area contributed by atoms with Crippen molar-refractivity contribution in [3.63, 3.8) is 0 Å². The molecule has 1 spiro atoms. The number of halogens is 4. The van der Waals surface area contributed by atoms with Crippen LogP contribution in [0.1, 0.15) is 37.8 Å². The molecule has 1 saturated carbocycles. The lowest BCUT2D eigenvalue weighted by Crippen LogP contribution is -2.68. The number of amides is 2. The number of nitrogens with zero attached hydrogens (tertiary/aromatic N) is 6. The van der Waals surface area contributed by atoms with E-state index in [9.17, 15) is 22.4 Å². The summed E-state index contributed by atoms with van der Waals surface area (Å²) in [6, 6.07) is 1.02. The molecule has 0 unspecified atom stereocenters. The minimum atomic E-state index is -4.48. The maximum Gasteiger partial charge on any atom is 0.419 e. The van der Waals surface area contributed by atoms with Crippen LogP contribution in [-0.4, -0.2) is 75.1 Å². The highest BCUT2D eigenvalue weighted by atomic mass is 19.4. The largest absolute Gasteiger partial charge is 0.419 e. The van der Waals surface area contributed by atoms with Gasteiger partial charge in [0.25, 0.3) is 0 Å². The first-order valence-corrected chi connectivity index (χ1v) is 12.1. The maximum absolute atomic E-state index is 13.9. The second kappa shape index (κ2) is 9.13. The molecule has 5 rings (SSSR count). The van der Waals surface area contributed by atoms with Crippen molar-refractivity contribution in [2.45, 2.75) is 57.5 Å². The Hall–Kier alpha value is -3.02. The third kappa shape index (κ3) is 4.82. The van der Waals surface area contributed by atoms with Crippen LogP contribution in [0.25, 0.3) is 0 Å². The number of alkyl halides is 3. The van der Waals surface area contributed by atoms with E-state index in [-0.39, 0.29) is 41.3 Å². The third-order valence-corrected chi connectivity index (χ3v) is 7.44. The molecule has 2 amide bonds. The highest BCUT2D eigenvalue weighted by molar-refractivity contribution is 5.76. The van der Waals surface area contributed by atoms with Crippen molar-refractivity contribution in [1.29, 1.82) is 0 Å². The number of carbonyl (C=O) groups excluding carboxylic acids is 1. The number of hydrogen-bond donors (Lipinski definition) is 1. The van der Waals surface area contributed by atoms with Crippen LogP contribution in [0.3, 0.4) is 0 Å². The Morgan fingerprint density at radius 3 is 2.33 bits per heavy atom. The normalized spacial score (nSPS) is 24.4. The van der Waals surface area contributed by atoms with Crippen LogP contribution < -0.4 is 10.2 Å². The minimum Gasteiger partial charge on any atom is -0.337 e. The van der Waals surface area contributed by atoms with Gasteiger partial charge in [-0.1, -0.05) is 0 Å². The standard InChI is InChI=1S/C24H29F4N7O/c1-15-10-34(21-30-8-18(9-31-21)24(26,27)28)11-16(2)35(15)22(36)32-19-5-23(6-19)13-33(14-23)12-17-7-29-4-3-20(17)25/h3-4,7-9,15-16,19H,5-6,10-14H2,1-2H3,(H,32,36)/t15-,16+. The smallest absolute Gasteiger partial charge is 0.337 e. The molecular weight excluding hydrogens is 478 g/mol. The van der Waals surface area contributed by atoms with Crippen molar-refractivity contribution in [2.24, 2.45) is 5.41 Å². The van der Waals surface area contributed by atoms with Crippen LogP contribution in [-0.2, 0) is 12.7 Å². The number of likely N-dealkylation sites (tertiary alicyclic amines) is 1. The van der Waals surface area contributed by atoms with Crippen molar-refractivity contribution >= 4 is 12.0 Å². The molecule has 36 heavy (non-hydrogen) atoms. The van der Waals surface area contributed by atoms with Crippen LogP contribution in [0, 0.1) is 11.2 Å². The molecule has 2 saturated heterocycles. The molecule has 12 heteroatoms. The van der Waals surface area contributed by atoms with Crippen molar-refractivity contribution in [2.75, 3.05) is 31.1 Å². The maximum atomic E-state index is 13.9. The molecular formula is C24H29F4N7O. The van der Waals surface area contributed by atoms with Gasteiger partial charge in [0.1, 0.15) is 5.82 Å². The Morgan fingerprint density at radius 1 is 1.11 bits per heavy atom. The summed E-state index contributed by atoms with van der Waals surface area (Å²) in [7, 11) is 0. The summed E-state index contributed by atoms with van der Waals surface area (Å²) in [5.41, 5.74) is -0.102. The van der Waals surface area contributed by atoms with Gasteiger partial charge in [0.2, 0.25) is 5.95 Å². The fourth-order valence-electron chi connectivity index (χ4n) is 5.89. The molecule has 3 fully saturated rings. The summed E-state index contributed by atoms with van der Waals surface area (Å²) in [4.78, 5) is 30.7. The van der Waals surface area contributed by atoms with Crippen LogP contribution in [0.2, 0.25) is 0 Å². The quantitative estimate of drug-likeness (QED) is 0.640. The van der Waals surface area contributed by atoms with Crippen LogP contribution in [0.4, 0.5) is 28.3 Å². The van der Waals surface area contributed by atoms with Gasteiger partial charge in [-0.2, -0.15) is 13.2 Å². The zero-order valence-electron chi connectivity index (χ0n) is 20.2. The van der Waals surface area contributed by atoms with E-state index in [4.69, 9.17) is 0 Å². The summed E-state index contributed by atoms with van der Waals surface area (Å²) in [6.45, 7) is 6.99. The van der Waals surface area contributed by atoms with E-state index >= 15 is 0 Å². The second-order valence-electron chi connectivity index (χ2n) is 10.4. The Morgan fingerprint density at radius 2 is 1.75 bits per heavy atom. The van der Waals surface area contributed by atoms with E-state index < -0.39 is 11.7 Å². The molecule has 4 heterocycles.